The van der Waals surface area contributed by atoms with Crippen molar-refractivity contribution in [3.63, 3.8) is 0 Å². The highest BCUT2D eigenvalue weighted by molar-refractivity contribution is 7.99. The molecule has 3 aromatic rings. The molecule has 31 heavy (non-hydrogen) atoms. The van der Waals surface area contributed by atoms with E-state index in [1.807, 2.05) is 10.7 Å². The zero-order valence-electron chi connectivity index (χ0n) is 18.5. The molecule has 166 valence electrons. The number of aromatic nitrogens is 4. The molecule has 0 bridgehead atoms. The van der Waals surface area contributed by atoms with Crippen LogP contribution < -0.4 is 15.4 Å². The van der Waals surface area contributed by atoms with Gasteiger partial charge in [0.25, 0.3) is 5.91 Å². The molecule has 9 heteroatoms. The lowest BCUT2D eigenvalue weighted by Gasteiger charge is -2.11. The van der Waals surface area contributed by atoms with Gasteiger partial charge in [0, 0.05) is 24.4 Å². The van der Waals surface area contributed by atoms with E-state index in [2.05, 4.69) is 36.5 Å². The van der Waals surface area contributed by atoms with Gasteiger partial charge in [-0.25, -0.2) is 14.6 Å². The van der Waals surface area contributed by atoms with Crippen LogP contribution in [0.2, 0.25) is 0 Å². The Kier molecular flexibility index (Phi) is 8.11. The molecule has 0 fully saturated rings. The fourth-order valence-electron chi connectivity index (χ4n) is 2.93. The third kappa shape index (κ3) is 6.10. The Labute approximate surface area is 187 Å². The van der Waals surface area contributed by atoms with Gasteiger partial charge in [0.1, 0.15) is 11.6 Å². The third-order valence-corrected chi connectivity index (χ3v) is 5.58. The van der Waals surface area contributed by atoms with Crippen molar-refractivity contribution in [3.05, 3.63) is 36.0 Å². The monoisotopic (exact) mass is 442 g/mol. The highest BCUT2D eigenvalue weighted by Crippen LogP contribution is 2.25. The van der Waals surface area contributed by atoms with Crippen molar-refractivity contribution in [3.8, 4) is 5.75 Å². The lowest BCUT2D eigenvalue weighted by Crippen LogP contribution is -2.27. The van der Waals surface area contributed by atoms with Crippen LogP contribution in [0.5, 0.6) is 5.75 Å². The molecule has 3 rings (SSSR count). The Bertz CT molecular complexity index is 1020. The molecule has 0 aliphatic rings. The fraction of sp³-hybridized carbons (Fsp3) is 0.455. The predicted octanol–water partition coefficient (Wildman–Crippen LogP) is 3.83. The van der Waals surface area contributed by atoms with Gasteiger partial charge in [-0.05, 0) is 30.5 Å². The van der Waals surface area contributed by atoms with Crippen LogP contribution in [0.4, 0.5) is 5.82 Å². The van der Waals surface area contributed by atoms with Crippen molar-refractivity contribution in [2.45, 2.75) is 38.9 Å². The first-order chi connectivity index (χ1) is 15.0. The molecule has 0 radical (unpaired) electrons. The van der Waals surface area contributed by atoms with E-state index in [0.29, 0.717) is 30.3 Å². The molecule has 1 amide bonds. The lowest BCUT2D eigenvalue weighted by atomic mass is 10.2. The van der Waals surface area contributed by atoms with E-state index >= 15 is 0 Å². The zero-order valence-corrected chi connectivity index (χ0v) is 19.3. The van der Waals surface area contributed by atoms with Crippen molar-refractivity contribution in [2.75, 3.05) is 31.3 Å². The summed E-state index contributed by atoms with van der Waals surface area (Å²) in [7, 11) is 1.58. The minimum atomic E-state index is -0.150. The van der Waals surface area contributed by atoms with E-state index in [4.69, 9.17) is 14.7 Å². The van der Waals surface area contributed by atoms with E-state index in [9.17, 15) is 4.79 Å². The molecule has 0 aliphatic heterocycles. The highest BCUT2D eigenvalue weighted by atomic mass is 32.2. The molecule has 0 atom stereocenters. The number of ether oxygens (including phenoxy) is 1. The van der Waals surface area contributed by atoms with E-state index in [-0.39, 0.29) is 5.91 Å². The number of rotatable bonds is 11. The molecule has 0 unspecified atom stereocenters. The third-order valence-electron chi connectivity index (χ3n) is 4.53. The summed E-state index contributed by atoms with van der Waals surface area (Å²) in [4.78, 5) is 21.9. The van der Waals surface area contributed by atoms with Crippen LogP contribution in [0.1, 0.15) is 37.6 Å². The number of thioether (sulfide) groups is 1. The Morgan fingerprint density at radius 3 is 2.87 bits per heavy atom. The first-order valence-corrected chi connectivity index (χ1v) is 11.5. The maximum absolute atomic E-state index is 12.4. The van der Waals surface area contributed by atoms with Crippen LogP contribution in [0.25, 0.3) is 11.0 Å². The summed E-state index contributed by atoms with van der Waals surface area (Å²) in [6, 6.07) is 7.09. The number of anilines is 1. The fourth-order valence-corrected chi connectivity index (χ4v) is 3.63. The van der Waals surface area contributed by atoms with Crippen molar-refractivity contribution in [1.29, 1.82) is 0 Å². The maximum atomic E-state index is 12.4. The van der Waals surface area contributed by atoms with E-state index in [1.54, 1.807) is 43.3 Å². The van der Waals surface area contributed by atoms with Gasteiger partial charge in [-0.2, -0.15) is 5.10 Å². The molecule has 0 spiro atoms. The molecule has 0 aliphatic carbocycles. The molecular weight excluding hydrogens is 412 g/mol. The van der Waals surface area contributed by atoms with Crippen LogP contribution >= 0.6 is 11.8 Å². The summed E-state index contributed by atoms with van der Waals surface area (Å²) in [5, 5.41) is 12.5. The summed E-state index contributed by atoms with van der Waals surface area (Å²) in [6.07, 6.45) is 2.84. The molecule has 8 nitrogen and oxygen atoms in total. The highest BCUT2D eigenvalue weighted by Gasteiger charge is 2.14. The molecular formula is C22H30N6O2S. The molecule has 2 aromatic heterocycles. The number of fused-ring (bicyclic) bond motifs is 1. The summed E-state index contributed by atoms with van der Waals surface area (Å²) in [5.41, 5.74) is 1.33. The van der Waals surface area contributed by atoms with Crippen LogP contribution in [-0.2, 0) is 6.54 Å². The number of amides is 1. The van der Waals surface area contributed by atoms with E-state index in [0.717, 1.165) is 40.7 Å². The van der Waals surface area contributed by atoms with Crippen LogP contribution in [0, 0.1) is 5.92 Å². The molecule has 2 N–H and O–H groups in total. The Hall–Kier alpha value is -2.81. The van der Waals surface area contributed by atoms with Gasteiger partial charge in [-0.3, -0.25) is 4.79 Å². The van der Waals surface area contributed by atoms with Gasteiger partial charge in [-0.1, -0.05) is 38.6 Å². The number of methoxy groups -OCH3 is 1. The second-order valence-electron chi connectivity index (χ2n) is 7.57. The normalized spacial score (nSPS) is 11.1. The second kappa shape index (κ2) is 11.0. The zero-order chi connectivity index (χ0) is 22.2. The van der Waals surface area contributed by atoms with Crippen molar-refractivity contribution < 1.29 is 9.53 Å². The number of benzene rings is 1. The van der Waals surface area contributed by atoms with Gasteiger partial charge < -0.3 is 15.4 Å². The largest absolute Gasteiger partial charge is 0.497 e. The summed E-state index contributed by atoms with van der Waals surface area (Å²) in [6.45, 7) is 8.23. The predicted molar refractivity (Wildman–Crippen MR) is 125 cm³/mol. The smallest absolute Gasteiger partial charge is 0.251 e. The number of hydrogen-bond acceptors (Lipinski definition) is 7. The second-order valence-corrected chi connectivity index (χ2v) is 8.63. The maximum Gasteiger partial charge on any atom is 0.251 e. The Morgan fingerprint density at radius 2 is 2.13 bits per heavy atom. The summed E-state index contributed by atoms with van der Waals surface area (Å²) in [5.74, 6) is 2.77. The molecule has 0 saturated heterocycles. The van der Waals surface area contributed by atoms with Crippen molar-refractivity contribution in [1.82, 2.24) is 25.1 Å². The van der Waals surface area contributed by atoms with E-state index < -0.39 is 0 Å². The van der Waals surface area contributed by atoms with Gasteiger partial charge in [-0.15, -0.1) is 0 Å². The van der Waals surface area contributed by atoms with Gasteiger partial charge in [0.15, 0.2) is 10.8 Å². The van der Waals surface area contributed by atoms with Crippen molar-refractivity contribution >= 4 is 34.5 Å². The first-order valence-electron chi connectivity index (χ1n) is 10.5. The minimum absolute atomic E-state index is 0.150. The number of carbonyl (C=O) groups is 1. The summed E-state index contributed by atoms with van der Waals surface area (Å²) < 4.78 is 7.00. The number of nitrogens with one attached hydrogen (secondary N) is 2. The topological polar surface area (TPSA) is 94.0 Å². The lowest BCUT2D eigenvalue weighted by molar-refractivity contribution is 0.0951. The SMILES string of the molecule is CCCSc1nc(NCC(C)C)c2cnn(CCNC(=O)c3cccc(OC)c3)c2n1. The number of hydrogen-bond donors (Lipinski definition) is 2. The number of nitrogens with zero attached hydrogens (tertiary/aromatic N) is 4. The molecule has 2 heterocycles. The average Bonchev–Trinajstić information content (AvgIpc) is 3.19. The number of carbonyl (C=O) groups excluding carboxylic acids is 1. The van der Waals surface area contributed by atoms with Crippen molar-refractivity contribution in [2.24, 2.45) is 5.92 Å². The minimum Gasteiger partial charge on any atom is -0.497 e. The van der Waals surface area contributed by atoms with E-state index in [1.165, 1.54) is 0 Å². The van der Waals surface area contributed by atoms with Crippen LogP contribution in [0.15, 0.2) is 35.6 Å². The Balaban J connectivity index is 1.73. The van der Waals surface area contributed by atoms with Gasteiger partial charge >= 0.3 is 0 Å². The average molecular weight is 443 g/mol. The first kappa shape index (κ1) is 22.9. The quantitative estimate of drug-likeness (QED) is 0.344. The van der Waals surface area contributed by atoms with Gasteiger partial charge in [0.05, 0.1) is 25.2 Å². The van der Waals surface area contributed by atoms with Crippen LogP contribution in [0.3, 0.4) is 0 Å². The van der Waals surface area contributed by atoms with Gasteiger partial charge in [0.2, 0.25) is 0 Å². The molecule has 1 aromatic carbocycles. The Morgan fingerprint density at radius 1 is 1.29 bits per heavy atom. The standard InChI is InChI=1S/C22H30N6O2S/c1-5-11-31-22-26-19(24-13-15(2)3)18-14-25-28(20(18)27-22)10-9-23-21(29)16-7-6-8-17(12-16)30-4/h6-8,12,14-15H,5,9-11,13H2,1-4H3,(H,23,29)(H,24,26,27). The van der Waals surface area contributed by atoms with Crippen LogP contribution in [-0.4, -0.2) is 51.6 Å². The summed E-state index contributed by atoms with van der Waals surface area (Å²) >= 11 is 1.64. The molecule has 0 saturated carbocycles.